The minimum absolute atomic E-state index is 0.472. The van der Waals surface area contributed by atoms with Crippen molar-refractivity contribution in [1.82, 2.24) is 9.78 Å². The van der Waals surface area contributed by atoms with Gasteiger partial charge in [-0.1, -0.05) is 46.3 Å². The molecule has 0 radical (unpaired) electrons. The number of rotatable bonds is 3. The monoisotopic (exact) mass is 341 g/mol. The van der Waals surface area contributed by atoms with Gasteiger partial charge in [0.25, 0.3) is 0 Å². The summed E-state index contributed by atoms with van der Waals surface area (Å²) in [5, 5.41) is 4.55. The zero-order valence-electron chi connectivity index (χ0n) is 11.8. The predicted molar refractivity (Wildman–Crippen MR) is 89.3 cm³/mol. The fourth-order valence-corrected chi connectivity index (χ4v) is 2.95. The maximum absolute atomic E-state index is 5.88. The van der Waals surface area contributed by atoms with Crippen LogP contribution in [0.4, 0.5) is 0 Å². The first-order chi connectivity index (χ1) is 10.2. The molecule has 0 amide bonds. The van der Waals surface area contributed by atoms with Crippen LogP contribution in [0.15, 0.2) is 59.2 Å². The molecule has 3 nitrogen and oxygen atoms in total. The Bertz CT molecular complexity index is 763. The molecule has 0 aliphatic rings. The first-order valence-corrected chi connectivity index (χ1v) is 7.59. The zero-order valence-corrected chi connectivity index (χ0v) is 13.3. The average molecular weight is 342 g/mol. The van der Waals surface area contributed by atoms with E-state index < -0.39 is 0 Å². The summed E-state index contributed by atoms with van der Waals surface area (Å²) in [5.74, 6) is 0. The number of hydrogen-bond acceptors (Lipinski definition) is 2. The van der Waals surface area contributed by atoms with Crippen molar-refractivity contribution in [1.29, 1.82) is 0 Å². The van der Waals surface area contributed by atoms with Crippen molar-refractivity contribution in [2.24, 2.45) is 5.73 Å². The predicted octanol–water partition coefficient (Wildman–Crippen LogP) is 4.07. The maximum Gasteiger partial charge on any atom is 0.0785 e. The van der Waals surface area contributed by atoms with Gasteiger partial charge in [0.1, 0.15) is 0 Å². The summed E-state index contributed by atoms with van der Waals surface area (Å²) in [6.07, 6.45) is 1.85. The Hall–Kier alpha value is -1.91. The standard InChI is InChI=1S/C17H16BrN3/c1-12-9-15(18)7-8-16(12)21-17(14(10-19)11-20-21)13-5-3-2-4-6-13/h2-9,11H,10,19H2,1H3. The summed E-state index contributed by atoms with van der Waals surface area (Å²) >= 11 is 3.50. The molecule has 1 heterocycles. The van der Waals surface area contributed by atoms with Crippen molar-refractivity contribution >= 4 is 15.9 Å². The van der Waals surface area contributed by atoms with Gasteiger partial charge in [0.05, 0.1) is 17.6 Å². The van der Waals surface area contributed by atoms with E-state index in [9.17, 15) is 0 Å². The second-order valence-electron chi connectivity index (χ2n) is 4.93. The third-order valence-electron chi connectivity index (χ3n) is 3.50. The third kappa shape index (κ3) is 2.64. The minimum Gasteiger partial charge on any atom is -0.326 e. The topological polar surface area (TPSA) is 43.8 Å². The second-order valence-corrected chi connectivity index (χ2v) is 5.85. The van der Waals surface area contributed by atoms with E-state index in [0.717, 1.165) is 32.5 Å². The highest BCUT2D eigenvalue weighted by molar-refractivity contribution is 9.10. The van der Waals surface area contributed by atoms with E-state index in [1.54, 1.807) is 0 Å². The molecular formula is C17H16BrN3. The number of benzene rings is 2. The molecule has 0 aliphatic heterocycles. The summed E-state index contributed by atoms with van der Waals surface area (Å²) < 4.78 is 3.04. The van der Waals surface area contributed by atoms with Crippen molar-refractivity contribution in [3.05, 3.63) is 70.3 Å². The molecule has 2 aromatic carbocycles. The van der Waals surface area contributed by atoms with Crippen LogP contribution in [0.25, 0.3) is 16.9 Å². The molecule has 1 aromatic heterocycles. The number of aryl methyl sites for hydroxylation is 1. The van der Waals surface area contributed by atoms with Gasteiger partial charge >= 0.3 is 0 Å². The average Bonchev–Trinajstić information content (AvgIpc) is 2.92. The van der Waals surface area contributed by atoms with Crippen LogP contribution in [-0.4, -0.2) is 9.78 Å². The molecule has 21 heavy (non-hydrogen) atoms. The highest BCUT2D eigenvalue weighted by atomic mass is 79.9. The fraction of sp³-hybridized carbons (Fsp3) is 0.118. The van der Waals surface area contributed by atoms with Crippen LogP contribution in [0.5, 0.6) is 0 Å². The van der Waals surface area contributed by atoms with Crippen LogP contribution >= 0.6 is 15.9 Å². The molecule has 0 bridgehead atoms. The molecule has 0 aliphatic carbocycles. The lowest BCUT2D eigenvalue weighted by Gasteiger charge is -2.12. The van der Waals surface area contributed by atoms with Gasteiger partial charge in [-0.2, -0.15) is 5.10 Å². The fourth-order valence-electron chi connectivity index (χ4n) is 2.47. The summed E-state index contributed by atoms with van der Waals surface area (Å²) in [6.45, 7) is 2.55. The Labute approximate surface area is 132 Å². The van der Waals surface area contributed by atoms with Crippen molar-refractivity contribution in [2.45, 2.75) is 13.5 Å². The Morgan fingerprint density at radius 1 is 1.14 bits per heavy atom. The molecule has 0 spiro atoms. The Kier molecular flexibility index (Phi) is 3.90. The van der Waals surface area contributed by atoms with Crippen molar-refractivity contribution in [3.8, 4) is 16.9 Å². The first kappa shape index (κ1) is 14.0. The summed E-state index contributed by atoms with van der Waals surface area (Å²) in [4.78, 5) is 0. The van der Waals surface area contributed by atoms with Crippen LogP contribution in [0.2, 0.25) is 0 Å². The number of halogens is 1. The largest absolute Gasteiger partial charge is 0.326 e. The normalized spacial score (nSPS) is 10.8. The highest BCUT2D eigenvalue weighted by Crippen LogP contribution is 2.28. The molecular weight excluding hydrogens is 326 g/mol. The first-order valence-electron chi connectivity index (χ1n) is 6.79. The van der Waals surface area contributed by atoms with Gasteiger partial charge in [0.2, 0.25) is 0 Å². The van der Waals surface area contributed by atoms with Crippen molar-refractivity contribution in [3.63, 3.8) is 0 Å². The van der Waals surface area contributed by atoms with Gasteiger partial charge in [-0.25, -0.2) is 4.68 Å². The smallest absolute Gasteiger partial charge is 0.0785 e. The summed E-state index contributed by atoms with van der Waals surface area (Å²) in [6, 6.07) is 16.4. The van der Waals surface area contributed by atoms with Gasteiger partial charge in [0.15, 0.2) is 0 Å². The molecule has 0 atom stereocenters. The van der Waals surface area contributed by atoms with E-state index in [2.05, 4.69) is 52.2 Å². The Morgan fingerprint density at radius 3 is 2.57 bits per heavy atom. The van der Waals surface area contributed by atoms with Crippen LogP contribution in [-0.2, 0) is 6.54 Å². The molecule has 0 saturated heterocycles. The molecule has 106 valence electrons. The van der Waals surface area contributed by atoms with E-state index in [-0.39, 0.29) is 0 Å². The third-order valence-corrected chi connectivity index (χ3v) is 3.99. The van der Waals surface area contributed by atoms with Crippen LogP contribution in [0.1, 0.15) is 11.1 Å². The van der Waals surface area contributed by atoms with Crippen LogP contribution in [0, 0.1) is 6.92 Å². The van der Waals surface area contributed by atoms with Crippen molar-refractivity contribution < 1.29 is 0 Å². The van der Waals surface area contributed by atoms with Crippen molar-refractivity contribution in [2.75, 3.05) is 0 Å². The Balaban J connectivity index is 2.22. The molecule has 3 aromatic rings. The Morgan fingerprint density at radius 2 is 1.90 bits per heavy atom. The van der Waals surface area contributed by atoms with E-state index in [0.29, 0.717) is 6.54 Å². The number of nitrogens with zero attached hydrogens (tertiary/aromatic N) is 2. The lowest BCUT2D eigenvalue weighted by molar-refractivity contribution is 0.879. The maximum atomic E-state index is 5.88. The lowest BCUT2D eigenvalue weighted by Crippen LogP contribution is -2.04. The van der Waals surface area contributed by atoms with E-state index in [1.807, 2.05) is 35.1 Å². The molecule has 2 N–H and O–H groups in total. The number of nitrogens with two attached hydrogens (primary N) is 1. The number of hydrogen-bond donors (Lipinski definition) is 1. The number of aromatic nitrogens is 2. The van der Waals surface area contributed by atoms with Gasteiger partial charge < -0.3 is 5.73 Å². The summed E-state index contributed by atoms with van der Waals surface area (Å²) in [7, 11) is 0. The molecule has 0 fully saturated rings. The van der Waals surface area contributed by atoms with Crippen LogP contribution < -0.4 is 5.73 Å². The molecule has 3 rings (SSSR count). The van der Waals surface area contributed by atoms with E-state index >= 15 is 0 Å². The van der Waals surface area contributed by atoms with Crippen LogP contribution in [0.3, 0.4) is 0 Å². The second kappa shape index (κ2) is 5.84. The van der Waals surface area contributed by atoms with Gasteiger partial charge in [0, 0.05) is 22.1 Å². The van der Waals surface area contributed by atoms with Gasteiger partial charge in [-0.3, -0.25) is 0 Å². The van der Waals surface area contributed by atoms with E-state index in [4.69, 9.17) is 5.73 Å². The quantitative estimate of drug-likeness (QED) is 0.780. The zero-order chi connectivity index (χ0) is 14.8. The molecule has 0 unspecified atom stereocenters. The highest BCUT2D eigenvalue weighted by Gasteiger charge is 2.14. The molecule has 0 saturated carbocycles. The van der Waals surface area contributed by atoms with Gasteiger partial charge in [-0.15, -0.1) is 0 Å². The van der Waals surface area contributed by atoms with E-state index in [1.165, 1.54) is 0 Å². The lowest BCUT2D eigenvalue weighted by atomic mass is 10.1. The molecule has 4 heteroatoms. The SMILES string of the molecule is Cc1cc(Br)ccc1-n1ncc(CN)c1-c1ccccc1. The summed E-state index contributed by atoms with van der Waals surface area (Å²) in [5.41, 5.74) is 11.3. The minimum atomic E-state index is 0.472. The van der Waals surface area contributed by atoms with Gasteiger partial charge in [-0.05, 0) is 30.7 Å².